The van der Waals surface area contributed by atoms with Gasteiger partial charge in [0.05, 0.1) is 18.8 Å². The molecule has 0 unspecified atom stereocenters. The number of hydrogen-bond donors (Lipinski definition) is 1. The molecular weight excluding hydrogens is 233 g/mol. The topological polar surface area (TPSA) is 50.9 Å². The Balaban J connectivity index is 2.35. The number of aliphatic hydroxyl groups excluding tert-OH is 1. The number of aliphatic hydroxyl groups is 1. The summed E-state index contributed by atoms with van der Waals surface area (Å²) < 4.78 is 15.2. The van der Waals surface area contributed by atoms with Crippen LogP contribution in [0, 0.1) is 5.82 Å². The van der Waals surface area contributed by atoms with Crippen molar-refractivity contribution in [2.45, 2.75) is 32.9 Å². The standard InChI is InChI=1S/C13H16FN3O/c1-9(2)13-12(8-18)15-16-17(13)7-10-5-3-4-6-11(10)14/h3-6,9,18H,7-8H2,1-2H3. The average molecular weight is 249 g/mol. The van der Waals surface area contributed by atoms with Gasteiger partial charge in [0.25, 0.3) is 0 Å². The predicted molar refractivity (Wildman–Crippen MR) is 65.5 cm³/mol. The highest BCUT2D eigenvalue weighted by Crippen LogP contribution is 2.19. The first kappa shape index (κ1) is 12.7. The number of nitrogens with zero attached hydrogens (tertiary/aromatic N) is 3. The fourth-order valence-electron chi connectivity index (χ4n) is 2.01. The smallest absolute Gasteiger partial charge is 0.128 e. The molecule has 0 saturated heterocycles. The number of aromatic nitrogens is 3. The van der Waals surface area contributed by atoms with Crippen LogP contribution in [0.2, 0.25) is 0 Å². The van der Waals surface area contributed by atoms with Crippen molar-refractivity contribution in [3.63, 3.8) is 0 Å². The molecule has 4 nitrogen and oxygen atoms in total. The molecule has 1 aromatic heterocycles. The van der Waals surface area contributed by atoms with Crippen molar-refractivity contribution in [3.8, 4) is 0 Å². The molecule has 18 heavy (non-hydrogen) atoms. The van der Waals surface area contributed by atoms with Gasteiger partial charge in [-0.25, -0.2) is 9.07 Å². The average Bonchev–Trinajstić information content (AvgIpc) is 2.75. The summed E-state index contributed by atoms with van der Waals surface area (Å²) in [6.07, 6.45) is 0. The molecular formula is C13H16FN3O. The zero-order valence-electron chi connectivity index (χ0n) is 10.5. The van der Waals surface area contributed by atoms with Crippen LogP contribution >= 0.6 is 0 Å². The fraction of sp³-hybridized carbons (Fsp3) is 0.385. The third-order valence-corrected chi connectivity index (χ3v) is 2.82. The highest BCUT2D eigenvalue weighted by atomic mass is 19.1. The molecule has 0 radical (unpaired) electrons. The van der Waals surface area contributed by atoms with Crippen molar-refractivity contribution in [3.05, 3.63) is 47.0 Å². The molecule has 5 heteroatoms. The van der Waals surface area contributed by atoms with Crippen LogP contribution in [0.25, 0.3) is 0 Å². The minimum Gasteiger partial charge on any atom is -0.390 e. The third kappa shape index (κ3) is 2.41. The maximum absolute atomic E-state index is 13.6. The second kappa shape index (κ2) is 5.27. The molecule has 0 atom stereocenters. The first-order valence-corrected chi connectivity index (χ1v) is 5.90. The molecule has 0 amide bonds. The zero-order chi connectivity index (χ0) is 13.1. The van der Waals surface area contributed by atoms with Crippen molar-refractivity contribution in [1.29, 1.82) is 0 Å². The number of benzene rings is 1. The molecule has 1 N–H and O–H groups in total. The molecule has 2 aromatic rings. The summed E-state index contributed by atoms with van der Waals surface area (Å²) in [6.45, 7) is 4.17. The Kier molecular flexibility index (Phi) is 3.72. The van der Waals surface area contributed by atoms with Gasteiger partial charge in [0.2, 0.25) is 0 Å². The minimum atomic E-state index is -0.256. The molecule has 0 aliphatic carbocycles. The van der Waals surface area contributed by atoms with Gasteiger partial charge in [-0.05, 0) is 12.0 Å². The van der Waals surface area contributed by atoms with Crippen molar-refractivity contribution in [2.75, 3.05) is 0 Å². The Morgan fingerprint density at radius 2 is 2.06 bits per heavy atom. The van der Waals surface area contributed by atoms with Gasteiger partial charge in [-0.2, -0.15) is 0 Å². The first-order valence-electron chi connectivity index (χ1n) is 5.90. The molecule has 1 heterocycles. The van der Waals surface area contributed by atoms with Crippen LogP contribution < -0.4 is 0 Å². The lowest BCUT2D eigenvalue weighted by atomic mass is 10.1. The van der Waals surface area contributed by atoms with Gasteiger partial charge in [0, 0.05) is 5.56 Å². The van der Waals surface area contributed by atoms with Gasteiger partial charge in [-0.15, -0.1) is 5.10 Å². The summed E-state index contributed by atoms with van der Waals surface area (Å²) in [5.74, 6) is -0.0813. The van der Waals surface area contributed by atoms with Crippen LogP contribution in [0.5, 0.6) is 0 Å². The quantitative estimate of drug-likeness (QED) is 0.902. The molecule has 0 fully saturated rings. The van der Waals surface area contributed by atoms with Crippen LogP contribution in [-0.2, 0) is 13.2 Å². The lowest BCUT2D eigenvalue weighted by Crippen LogP contribution is -2.10. The van der Waals surface area contributed by atoms with Crippen LogP contribution in [0.1, 0.15) is 36.7 Å². The monoisotopic (exact) mass is 249 g/mol. The summed E-state index contributed by atoms with van der Waals surface area (Å²) in [5, 5.41) is 17.1. The Morgan fingerprint density at radius 1 is 1.33 bits per heavy atom. The number of hydrogen-bond acceptors (Lipinski definition) is 3. The minimum absolute atomic E-state index is 0.148. The predicted octanol–water partition coefficient (Wildman–Crippen LogP) is 2.08. The van der Waals surface area contributed by atoms with Gasteiger partial charge in [-0.1, -0.05) is 37.3 Å². The molecule has 0 aliphatic rings. The normalized spacial score (nSPS) is 11.2. The Morgan fingerprint density at radius 3 is 2.67 bits per heavy atom. The highest BCUT2D eigenvalue weighted by Gasteiger charge is 2.16. The molecule has 0 spiro atoms. The maximum Gasteiger partial charge on any atom is 0.128 e. The highest BCUT2D eigenvalue weighted by molar-refractivity contribution is 5.20. The van der Waals surface area contributed by atoms with Crippen molar-refractivity contribution < 1.29 is 9.50 Å². The first-order chi connectivity index (χ1) is 8.63. The van der Waals surface area contributed by atoms with Gasteiger partial charge >= 0.3 is 0 Å². The zero-order valence-corrected chi connectivity index (χ0v) is 10.5. The van der Waals surface area contributed by atoms with E-state index in [1.54, 1.807) is 22.9 Å². The molecule has 0 saturated carbocycles. The largest absolute Gasteiger partial charge is 0.390 e. The maximum atomic E-state index is 13.6. The van der Waals surface area contributed by atoms with Crippen molar-refractivity contribution >= 4 is 0 Å². The van der Waals surface area contributed by atoms with E-state index in [-0.39, 0.29) is 18.3 Å². The summed E-state index contributed by atoms with van der Waals surface area (Å²) in [5.41, 5.74) is 1.97. The van der Waals surface area contributed by atoms with Crippen molar-refractivity contribution in [1.82, 2.24) is 15.0 Å². The lowest BCUT2D eigenvalue weighted by Gasteiger charge is -2.10. The summed E-state index contributed by atoms with van der Waals surface area (Å²) in [7, 11) is 0. The molecule has 2 rings (SSSR count). The fourth-order valence-corrected chi connectivity index (χ4v) is 2.01. The van der Waals surface area contributed by atoms with Crippen molar-refractivity contribution in [2.24, 2.45) is 0 Å². The lowest BCUT2D eigenvalue weighted by molar-refractivity contribution is 0.275. The Hall–Kier alpha value is -1.75. The SMILES string of the molecule is CC(C)c1c(CO)nnn1Cc1ccccc1F. The Bertz CT molecular complexity index is 537. The van der Waals surface area contributed by atoms with E-state index < -0.39 is 0 Å². The van der Waals surface area contributed by atoms with E-state index >= 15 is 0 Å². The number of rotatable bonds is 4. The number of halogens is 1. The van der Waals surface area contributed by atoms with Crippen LogP contribution in [0.3, 0.4) is 0 Å². The second-order valence-corrected chi connectivity index (χ2v) is 4.48. The van der Waals surface area contributed by atoms with E-state index in [2.05, 4.69) is 10.3 Å². The van der Waals surface area contributed by atoms with Crippen LogP contribution in [0.4, 0.5) is 4.39 Å². The molecule has 0 bridgehead atoms. The van der Waals surface area contributed by atoms with E-state index in [1.807, 2.05) is 13.8 Å². The summed E-state index contributed by atoms with van der Waals surface area (Å²) in [4.78, 5) is 0. The third-order valence-electron chi connectivity index (χ3n) is 2.82. The van der Waals surface area contributed by atoms with Crippen LogP contribution in [0.15, 0.2) is 24.3 Å². The van der Waals surface area contributed by atoms with Gasteiger partial charge in [0.1, 0.15) is 11.5 Å². The molecule has 0 aliphatic heterocycles. The Labute approximate surface area is 105 Å². The molecule has 96 valence electrons. The summed E-state index contributed by atoms with van der Waals surface area (Å²) >= 11 is 0. The second-order valence-electron chi connectivity index (χ2n) is 4.48. The van der Waals surface area contributed by atoms with Gasteiger partial charge in [0.15, 0.2) is 0 Å². The van der Waals surface area contributed by atoms with E-state index in [0.717, 1.165) is 5.69 Å². The van der Waals surface area contributed by atoms with E-state index in [9.17, 15) is 9.50 Å². The van der Waals surface area contributed by atoms with Gasteiger partial charge in [-0.3, -0.25) is 0 Å². The van der Waals surface area contributed by atoms with Gasteiger partial charge < -0.3 is 5.11 Å². The summed E-state index contributed by atoms with van der Waals surface area (Å²) in [6, 6.07) is 6.59. The van der Waals surface area contributed by atoms with E-state index in [1.165, 1.54) is 6.07 Å². The van der Waals surface area contributed by atoms with E-state index in [4.69, 9.17) is 0 Å². The van der Waals surface area contributed by atoms with E-state index in [0.29, 0.717) is 17.8 Å². The molecule has 1 aromatic carbocycles. The van der Waals surface area contributed by atoms with Crippen LogP contribution in [-0.4, -0.2) is 20.1 Å².